The minimum Gasteiger partial charge on any atom is -0.497 e. The van der Waals surface area contributed by atoms with E-state index >= 15 is 0 Å². The minimum absolute atomic E-state index is 0.0377. The molecule has 0 saturated heterocycles. The quantitative estimate of drug-likeness (QED) is 0.670. The lowest BCUT2D eigenvalue weighted by molar-refractivity contribution is -0.385. The van der Waals surface area contributed by atoms with Crippen LogP contribution in [-0.2, 0) is 6.42 Å². The van der Waals surface area contributed by atoms with Crippen molar-refractivity contribution in [3.63, 3.8) is 0 Å². The van der Waals surface area contributed by atoms with Crippen LogP contribution in [0.2, 0.25) is 0 Å². The molecule has 20 heavy (non-hydrogen) atoms. The molecule has 1 unspecified atom stereocenters. The molecule has 2 N–H and O–H groups in total. The molecule has 2 rings (SSSR count). The molecule has 2 aromatic rings. The monoisotopic (exact) mass is 272 g/mol. The molecule has 0 saturated carbocycles. The fourth-order valence-corrected chi connectivity index (χ4v) is 2.07. The molecule has 5 heteroatoms. The smallest absolute Gasteiger partial charge is 0.276 e. The molecule has 0 aliphatic heterocycles. The Balaban J connectivity index is 2.27. The van der Waals surface area contributed by atoms with E-state index < -0.39 is 4.92 Å². The predicted molar refractivity (Wildman–Crippen MR) is 76.7 cm³/mol. The standard InChI is InChI=1S/C15H16N2O3/c1-20-13-8-7-12(15(10-13)17(18)19)9-14(16)11-5-3-2-4-6-11/h2-8,10,14H,9,16H2,1H3. The molecule has 0 fully saturated rings. The Labute approximate surface area is 117 Å². The first-order chi connectivity index (χ1) is 9.61. The van der Waals surface area contributed by atoms with Crippen LogP contribution in [0.1, 0.15) is 17.2 Å². The summed E-state index contributed by atoms with van der Waals surface area (Å²) in [4.78, 5) is 10.7. The van der Waals surface area contributed by atoms with Gasteiger partial charge in [0.05, 0.1) is 18.1 Å². The van der Waals surface area contributed by atoms with Crippen LogP contribution >= 0.6 is 0 Å². The zero-order chi connectivity index (χ0) is 14.5. The second-order valence-electron chi connectivity index (χ2n) is 4.47. The van der Waals surface area contributed by atoms with Crippen LogP contribution in [0.5, 0.6) is 5.75 Å². The summed E-state index contributed by atoms with van der Waals surface area (Å²) >= 11 is 0. The average molecular weight is 272 g/mol. The van der Waals surface area contributed by atoms with Gasteiger partial charge in [-0.05, 0) is 24.1 Å². The lowest BCUT2D eigenvalue weighted by atomic mass is 9.98. The summed E-state index contributed by atoms with van der Waals surface area (Å²) in [5.41, 5.74) is 7.71. The molecule has 0 aromatic heterocycles. The summed E-state index contributed by atoms with van der Waals surface area (Å²) in [7, 11) is 1.48. The number of rotatable bonds is 5. The van der Waals surface area contributed by atoms with Crippen molar-refractivity contribution in [3.05, 3.63) is 69.8 Å². The van der Waals surface area contributed by atoms with Crippen molar-refractivity contribution in [1.82, 2.24) is 0 Å². The summed E-state index contributed by atoms with van der Waals surface area (Å²) in [6, 6.07) is 14.1. The van der Waals surface area contributed by atoms with Gasteiger partial charge >= 0.3 is 0 Å². The molecule has 0 bridgehead atoms. The Morgan fingerprint density at radius 3 is 2.55 bits per heavy atom. The van der Waals surface area contributed by atoms with Gasteiger partial charge in [0.2, 0.25) is 0 Å². The second kappa shape index (κ2) is 6.16. The number of methoxy groups -OCH3 is 1. The predicted octanol–water partition coefficient (Wildman–Crippen LogP) is 2.85. The van der Waals surface area contributed by atoms with Gasteiger partial charge in [0, 0.05) is 11.6 Å². The first-order valence-corrected chi connectivity index (χ1v) is 6.23. The van der Waals surface area contributed by atoms with Crippen LogP contribution in [0.4, 0.5) is 5.69 Å². The average Bonchev–Trinajstić information content (AvgIpc) is 2.48. The van der Waals surface area contributed by atoms with E-state index in [1.807, 2.05) is 30.3 Å². The van der Waals surface area contributed by atoms with Gasteiger partial charge in [-0.3, -0.25) is 10.1 Å². The maximum Gasteiger partial charge on any atom is 0.276 e. The summed E-state index contributed by atoms with van der Waals surface area (Å²) in [5, 5.41) is 11.1. The van der Waals surface area contributed by atoms with Crippen molar-refractivity contribution < 1.29 is 9.66 Å². The minimum atomic E-state index is -0.407. The fraction of sp³-hybridized carbons (Fsp3) is 0.200. The Morgan fingerprint density at radius 1 is 1.25 bits per heavy atom. The molecule has 0 radical (unpaired) electrons. The molecule has 1 atom stereocenters. The van der Waals surface area contributed by atoms with Gasteiger partial charge in [-0.1, -0.05) is 30.3 Å². The summed E-state index contributed by atoms with van der Waals surface area (Å²) < 4.78 is 5.01. The summed E-state index contributed by atoms with van der Waals surface area (Å²) in [6.45, 7) is 0. The molecule has 2 aromatic carbocycles. The first kappa shape index (κ1) is 14.0. The third kappa shape index (κ3) is 3.13. The van der Waals surface area contributed by atoms with Crippen LogP contribution in [0.15, 0.2) is 48.5 Å². The van der Waals surface area contributed by atoms with Crippen LogP contribution in [0, 0.1) is 10.1 Å². The van der Waals surface area contributed by atoms with E-state index in [4.69, 9.17) is 10.5 Å². The van der Waals surface area contributed by atoms with E-state index in [0.29, 0.717) is 17.7 Å². The highest BCUT2D eigenvalue weighted by molar-refractivity contribution is 5.46. The number of hydrogen-bond acceptors (Lipinski definition) is 4. The van der Waals surface area contributed by atoms with E-state index in [9.17, 15) is 10.1 Å². The number of ether oxygens (including phenoxy) is 1. The molecule has 0 heterocycles. The van der Waals surface area contributed by atoms with Crippen molar-refractivity contribution in [2.24, 2.45) is 5.73 Å². The topological polar surface area (TPSA) is 78.4 Å². The Bertz CT molecular complexity index is 599. The van der Waals surface area contributed by atoms with Gasteiger partial charge in [0.25, 0.3) is 5.69 Å². The normalized spacial score (nSPS) is 11.9. The molecule has 0 aliphatic rings. The SMILES string of the molecule is COc1ccc(CC(N)c2ccccc2)c([N+](=O)[O-])c1. The van der Waals surface area contributed by atoms with Gasteiger partial charge in [0.15, 0.2) is 0 Å². The van der Waals surface area contributed by atoms with Crippen molar-refractivity contribution in [3.8, 4) is 5.75 Å². The van der Waals surface area contributed by atoms with Gasteiger partial charge in [-0.25, -0.2) is 0 Å². The van der Waals surface area contributed by atoms with E-state index in [1.165, 1.54) is 13.2 Å². The zero-order valence-electron chi connectivity index (χ0n) is 11.2. The van der Waals surface area contributed by atoms with Crippen molar-refractivity contribution in [2.45, 2.75) is 12.5 Å². The van der Waals surface area contributed by atoms with Crippen molar-refractivity contribution in [2.75, 3.05) is 7.11 Å². The number of nitrogens with two attached hydrogens (primary N) is 1. The van der Waals surface area contributed by atoms with Crippen molar-refractivity contribution in [1.29, 1.82) is 0 Å². The van der Waals surface area contributed by atoms with Gasteiger partial charge < -0.3 is 10.5 Å². The van der Waals surface area contributed by atoms with Gasteiger partial charge in [-0.15, -0.1) is 0 Å². The van der Waals surface area contributed by atoms with E-state index in [0.717, 1.165) is 5.56 Å². The Hall–Kier alpha value is -2.40. The maximum atomic E-state index is 11.1. The third-order valence-electron chi connectivity index (χ3n) is 3.16. The molecule has 0 spiro atoms. The number of benzene rings is 2. The van der Waals surface area contributed by atoms with Gasteiger partial charge in [-0.2, -0.15) is 0 Å². The highest BCUT2D eigenvalue weighted by atomic mass is 16.6. The zero-order valence-corrected chi connectivity index (χ0v) is 11.2. The van der Waals surface area contributed by atoms with E-state index in [1.54, 1.807) is 12.1 Å². The third-order valence-corrected chi connectivity index (χ3v) is 3.16. The van der Waals surface area contributed by atoms with Crippen LogP contribution in [0.3, 0.4) is 0 Å². The van der Waals surface area contributed by atoms with Crippen LogP contribution < -0.4 is 10.5 Å². The highest BCUT2D eigenvalue weighted by Gasteiger charge is 2.18. The summed E-state index contributed by atoms with van der Waals surface area (Å²) in [6.07, 6.45) is 0.407. The van der Waals surface area contributed by atoms with Crippen molar-refractivity contribution >= 4 is 5.69 Å². The molecule has 0 aliphatic carbocycles. The number of hydrogen-bond donors (Lipinski definition) is 1. The van der Waals surface area contributed by atoms with E-state index in [2.05, 4.69) is 0 Å². The first-order valence-electron chi connectivity index (χ1n) is 6.23. The van der Waals surface area contributed by atoms with Gasteiger partial charge in [0.1, 0.15) is 5.75 Å². The fourth-order valence-electron chi connectivity index (χ4n) is 2.07. The molecular formula is C15H16N2O3. The summed E-state index contributed by atoms with van der Waals surface area (Å²) in [5.74, 6) is 0.466. The lowest BCUT2D eigenvalue weighted by Gasteiger charge is -2.12. The maximum absolute atomic E-state index is 11.1. The number of nitrogens with zero attached hydrogens (tertiary/aromatic N) is 1. The number of nitro benzene ring substituents is 1. The lowest BCUT2D eigenvalue weighted by Crippen LogP contribution is -2.14. The van der Waals surface area contributed by atoms with Crippen LogP contribution in [0.25, 0.3) is 0 Å². The molecule has 5 nitrogen and oxygen atoms in total. The van der Waals surface area contributed by atoms with Crippen LogP contribution in [-0.4, -0.2) is 12.0 Å². The largest absolute Gasteiger partial charge is 0.497 e. The molecule has 104 valence electrons. The molecule has 0 amide bonds. The second-order valence-corrected chi connectivity index (χ2v) is 4.47. The Morgan fingerprint density at radius 2 is 1.95 bits per heavy atom. The van der Waals surface area contributed by atoms with E-state index in [-0.39, 0.29) is 11.7 Å². The number of nitro groups is 1. The highest BCUT2D eigenvalue weighted by Crippen LogP contribution is 2.27. The molecular weight excluding hydrogens is 256 g/mol. The Kier molecular flexibility index (Phi) is 4.32.